The van der Waals surface area contributed by atoms with Crippen molar-refractivity contribution in [2.24, 2.45) is 11.7 Å². The van der Waals surface area contributed by atoms with Crippen molar-refractivity contribution >= 4 is 18.3 Å². The van der Waals surface area contributed by atoms with E-state index in [0.29, 0.717) is 19.0 Å². The first-order valence-corrected chi connectivity index (χ1v) is 8.41. The van der Waals surface area contributed by atoms with Crippen LogP contribution in [0.1, 0.15) is 35.8 Å². The van der Waals surface area contributed by atoms with E-state index >= 15 is 0 Å². The third-order valence-corrected chi connectivity index (χ3v) is 4.74. The first-order chi connectivity index (χ1) is 12.3. The van der Waals surface area contributed by atoms with Gasteiger partial charge in [0.25, 0.3) is 5.91 Å². The number of carbonyl (C=O) groups is 1. The highest BCUT2D eigenvalue weighted by Crippen LogP contribution is 2.33. The van der Waals surface area contributed by atoms with E-state index < -0.39 is 11.7 Å². The van der Waals surface area contributed by atoms with Gasteiger partial charge in [0.1, 0.15) is 0 Å². The van der Waals surface area contributed by atoms with Crippen LogP contribution in [-0.4, -0.2) is 44.9 Å². The SMILES string of the molecule is CC(N)C1CCN(C(=O)c2cn(-c3ccccc3C(F)(F)F)nn2)CC1.Cl. The van der Waals surface area contributed by atoms with Gasteiger partial charge in [0.15, 0.2) is 5.69 Å². The van der Waals surface area contributed by atoms with Gasteiger partial charge in [-0.25, -0.2) is 4.68 Å². The van der Waals surface area contributed by atoms with Crippen molar-refractivity contribution in [3.63, 3.8) is 0 Å². The number of amides is 1. The van der Waals surface area contributed by atoms with Crippen molar-refractivity contribution in [1.29, 1.82) is 0 Å². The fourth-order valence-corrected chi connectivity index (χ4v) is 3.18. The Morgan fingerprint density at radius 3 is 2.48 bits per heavy atom. The van der Waals surface area contributed by atoms with Crippen LogP contribution in [0.5, 0.6) is 0 Å². The molecule has 2 N–H and O–H groups in total. The van der Waals surface area contributed by atoms with Crippen molar-refractivity contribution in [2.75, 3.05) is 13.1 Å². The summed E-state index contributed by atoms with van der Waals surface area (Å²) in [6.45, 7) is 3.06. The summed E-state index contributed by atoms with van der Waals surface area (Å²) in [4.78, 5) is 14.2. The number of rotatable bonds is 3. The molecule has 0 radical (unpaired) electrons. The molecule has 0 bridgehead atoms. The normalized spacial score (nSPS) is 16.7. The zero-order valence-corrected chi connectivity index (χ0v) is 15.5. The van der Waals surface area contributed by atoms with Crippen molar-refractivity contribution in [3.05, 3.63) is 41.7 Å². The van der Waals surface area contributed by atoms with Gasteiger partial charge >= 0.3 is 6.18 Å². The maximum absolute atomic E-state index is 13.1. The van der Waals surface area contributed by atoms with E-state index in [-0.39, 0.29) is 35.7 Å². The molecule has 1 aromatic heterocycles. The zero-order valence-electron chi connectivity index (χ0n) is 14.7. The molecule has 6 nitrogen and oxygen atoms in total. The molecule has 1 aliphatic heterocycles. The third-order valence-electron chi connectivity index (χ3n) is 4.74. The molecule has 3 rings (SSSR count). The average Bonchev–Trinajstić information content (AvgIpc) is 3.10. The first-order valence-electron chi connectivity index (χ1n) is 8.41. The minimum absolute atomic E-state index is 0. The topological polar surface area (TPSA) is 77.0 Å². The number of likely N-dealkylation sites (tertiary alicyclic amines) is 1. The fourth-order valence-electron chi connectivity index (χ4n) is 3.18. The minimum Gasteiger partial charge on any atom is -0.337 e. The highest BCUT2D eigenvalue weighted by atomic mass is 35.5. The largest absolute Gasteiger partial charge is 0.418 e. The monoisotopic (exact) mass is 403 g/mol. The van der Waals surface area contributed by atoms with Crippen molar-refractivity contribution in [2.45, 2.75) is 32.0 Å². The lowest BCUT2D eigenvalue weighted by Crippen LogP contribution is -2.42. The molecule has 0 saturated carbocycles. The molecule has 1 unspecified atom stereocenters. The number of hydrogen-bond acceptors (Lipinski definition) is 4. The van der Waals surface area contributed by atoms with Crippen molar-refractivity contribution in [3.8, 4) is 5.69 Å². The molecule has 1 aliphatic rings. The lowest BCUT2D eigenvalue weighted by Gasteiger charge is -2.33. The van der Waals surface area contributed by atoms with Crippen LogP contribution in [0.2, 0.25) is 0 Å². The molecule has 148 valence electrons. The molecule has 1 aromatic carbocycles. The number of halogens is 4. The standard InChI is InChI=1S/C17H20F3N5O.ClH/c1-11(21)12-6-8-24(9-7-12)16(26)14-10-25(23-22-14)15-5-3-2-4-13(15)17(18,19)20;/h2-5,10-12H,6-9,21H2,1H3;1H. The second-order valence-corrected chi connectivity index (χ2v) is 6.55. The van der Waals surface area contributed by atoms with Gasteiger partial charge in [-0.2, -0.15) is 13.2 Å². The number of piperidine rings is 1. The Morgan fingerprint density at radius 1 is 1.26 bits per heavy atom. The van der Waals surface area contributed by atoms with Crippen molar-refractivity contribution < 1.29 is 18.0 Å². The zero-order chi connectivity index (χ0) is 18.9. The van der Waals surface area contributed by atoms with Crippen LogP contribution in [0.4, 0.5) is 13.2 Å². The number of nitrogens with two attached hydrogens (primary N) is 1. The predicted octanol–water partition coefficient (Wildman–Crippen LogP) is 2.91. The summed E-state index contributed by atoms with van der Waals surface area (Å²) in [5.41, 5.74) is 4.93. The molecule has 1 saturated heterocycles. The summed E-state index contributed by atoms with van der Waals surface area (Å²) in [6.07, 6.45) is -1.68. The van der Waals surface area contributed by atoms with Crippen LogP contribution in [0.3, 0.4) is 0 Å². The highest BCUT2D eigenvalue weighted by molar-refractivity contribution is 5.92. The minimum atomic E-state index is -4.52. The molecule has 0 spiro atoms. The average molecular weight is 404 g/mol. The molecule has 27 heavy (non-hydrogen) atoms. The van der Waals surface area contributed by atoms with Crippen LogP contribution in [0, 0.1) is 5.92 Å². The molecular formula is C17H21ClF3N5O. The van der Waals surface area contributed by atoms with Gasteiger partial charge in [0.2, 0.25) is 0 Å². The summed E-state index contributed by atoms with van der Waals surface area (Å²) in [5.74, 6) is 0.0391. The van der Waals surface area contributed by atoms with E-state index in [2.05, 4.69) is 10.3 Å². The second kappa shape index (κ2) is 8.26. The molecule has 0 aliphatic carbocycles. The van der Waals surface area contributed by atoms with Crippen molar-refractivity contribution in [1.82, 2.24) is 19.9 Å². The Balaban J connectivity index is 0.00000261. The second-order valence-electron chi connectivity index (χ2n) is 6.55. The number of hydrogen-bond donors (Lipinski definition) is 1. The van der Waals surface area contributed by atoms with Gasteiger partial charge in [0.05, 0.1) is 17.4 Å². The number of alkyl halides is 3. The third kappa shape index (κ3) is 4.59. The molecule has 10 heteroatoms. The van der Waals surface area contributed by atoms with Crippen LogP contribution >= 0.6 is 12.4 Å². The molecule has 2 aromatic rings. The molecular weight excluding hydrogens is 383 g/mol. The van der Waals surface area contributed by atoms with E-state index in [1.54, 1.807) is 4.90 Å². The summed E-state index contributed by atoms with van der Waals surface area (Å²) in [5, 5.41) is 7.49. The Morgan fingerprint density at radius 2 is 1.89 bits per heavy atom. The van der Waals surface area contributed by atoms with Gasteiger partial charge in [-0.15, -0.1) is 17.5 Å². The fraction of sp³-hybridized carbons (Fsp3) is 0.471. The van der Waals surface area contributed by atoms with E-state index in [4.69, 9.17) is 5.73 Å². The highest BCUT2D eigenvalue weighted by Gasteiger charge is 2.34. The van der Waals surface area contributed by atoms with Gasteiger partial charge in [-0.1, -0.05) is 17.3 Å². The summed E-state index contributed by atoms with van der Waals surface area (Å²) < 4.78 is 40.4. The Hall–Kier alpha value is -2.13. The number of para-hydroxylation sites is 1. The summed E-state index contributed by atoms with van der Waals surface area (Å²) in [6, 6.07) is 5.12. The van der Waals surface area contributed by atoms with Crippen LogP contribution in [0.15, 0.2) is 30.5 Å². The Bertz CT molecular complexity index is 785. The quantitative estimate of drug-likeness (QED) is 0.854. The van der Waals surface area contributed by atoms with Crippen LogP contribution in [-0.2, 0) is 6.18 Å². The van der Waals surface area contributed by atoms with Crippen LogP contribution in [0.25, 0.3) is 5.69 Å². The molecule has 2 heterocycles. The van der Waals surface area contributed by atoms with E-state index in [0.717, 1.165) is 23.6 Å². The van der Waals surface area contributed by atoms with Gasteiger partial charge in [-0.3, -0.25) is 4.79 Å². The first kappa shape index (κ1) is 21.2. The summed E-state index contributed by atoms with van der Waals surface area (Å²) >= 11 is 0. The smallest absolute Gasteiger partial charge is 0.337 e. The number of benzene rings is 1. The Kier molecular flexibility index (Phi) is 6.48. The lowest BCUT2D eigenvalue weighted by atomic mass is 9.91. The van der Waals surface area contributed by atoms with Gasteiger partial charge in [-0.05, 0) is 37.8 Å². The Labute approximate surface area is 160 Å². The van der Waals surface area contributed by atoms with Gasteiger partial charge < -0.3 is 10.6 Å². The molecule has 1 atom stereocenters. The van der Waals surface area contributed by atoms with Gasteiger partial charge in [0, 0.05) is 19.1 Å². The number of carbonyl (C=O) groups excluding carboxylic acids is 1. The lowest BCUT2D eigenvalue weighted by molar-refractivity contribution is -0.137. The van der Waals surface area contributed by atoms with Crippen LogP contribution < -0.4 is 5.73 Å². The maximum atomic E-state index is 13.1. The number of nitrogens with zero attached hydrogens (tertiary/aromatic N) is 4. The molecule has 1 fully saturated rings. The van der Waals surface area contributed by atoms with E-state index in [1.807, 2.05) is 6.92 Å². The molecule has 1 amide bonds. The van der Waals surface area contributed by atoms with E-state index in [9.17, 15) is 18.0 Å². The predicted molar refractivity (Wildman–Crippen MR) is 95.9 cm³/mol. The number of aromatic nitrogens is 3. The maximum Gasteiger partial charge on any atom is 0.418 e. The van der Waals surface area contributed by atoms with E-state index in [1.165, 1.54) is 24.4 Å². The summed E-state index contributed by atoms with van der Waals surface area (Å²) in [7, 11) is 0.